The van der Waals surface area contributed by atoms with Crippen molar-refractivity contribution in [1.82, 2.24) is 20.1 Å². The van der Waals surface area contributed by atoms with Gasteiger partial charge in [0, 0.05) is 25.0 Å². The molecule has 26 heavy (non-hydrogen) atoms. The van der Waals surface area contributed by atoms with Gasteiger partial charge in [-0.1, -0.05) is 6.92 Å². The number of fused-ring (bicyclic) bond motifs is 1. The second-order valence-electron chi connectivity index (χ2n) is 7.38. The van der Waals surface area contributed by atoms with Gasteiger partial charge < -0.3 is 19.9 Å². The van der Waals surface area contributed by atoms with Gasteiger partial charge >= 0.3 is 6.09 Å². The number of aliphatic imine (C=N–C) groups is 1. The molecule has 0 bridgehead atoms. The molecule has 146 valence electrons. The van der Waals surface area contributed by atoms with E-state index in [1.54, 1.807) is 16.2 Å². The van der Waals surface area contributed by atoms with Crippen LogP contribution in [-0.4, -0.2) is 64.7 Å². The van der Waals surface area contributed by atoms with E-state index in [1.165, 1.54) is 0 Å². The summed E-state index contributed by atoms with van der Waals surface area (Å²) >= 11 is 1.70. The fourth-order valence-corrected chi connectivity index (χ4v) is 3.73. The molecule has 9 heteroatoms. The maximum Gasteiger partial charge on any atom is 0.410 e. The summed E-state index contributed by atoms with van der Waals surface area (Å²) in [7, 11) is 0. The van der Waals surface area contributed by atoms with Gasteiger partial charge in [-0.15, -0.1) is 35.3 Å². The molecule has 1 saturated heterocycles. The number of amides is 1. The highest BCUT2D eigenvalue weighted by Gasteiger charge is 2.36. The Labute approximate surface area is 176 Å². The fourth-order valence-electron chi connectivity index (χ4n) is 2.98. The monoisotopic (exact) mass is 493 g/mol. The minimum Gasteiger partial charge on any atom is -0.444 e. The maximum atomic E-state index is 12.3. The van der Waals surface area contributed by atoms with E-state index < -0.39 is 5.60 Å². The number of guanidine groups is 1. The van der Waals surface area contributed by atoms with Crippen LogP contribution in [0.3, 0.4) is 0 Å². The van der Waals surface area contributed by atoms with Crippen LogP contribution in [0.25, 0.3) is 0 Å². The Balaban J connectivity index is 0.00000243. The summed E-state index contributed by atoms with van der Waals surface area (Å²) in [5.74, 6) is 0.917. The van der Waals surface area contributed by atoms with Crippen molar-refractivity contribution in [3.8, 4) is 0 Å². The van der Waals surface area contributed by atoms with E-state index in [4.69, 9.17) is 4.74 Å². The van der Waals surface area contributed by atoms with E-state index in [1.807, 2.05) is 20.8 Å². The number of aromatic nitrogens is 1. The van der Waals surface area contributed by atoms with Gasteiger partial charge in [0.05, 0.1) is 29.8 Å². The lowest BCUT2D eigenvalue weighted by molar-refractivity contribution is 0.0137. The molecular formula is C17H28IN5O2S. The Bertz CT molecular complexity index is 658. The maximum absolute atomic E-state index is 12.3. The zero-order chi connectivity index (χ0) is 18.0. The third kappa shape index (κ3) is 5.21. The second-order valence-corrected chi connectivity index (χ2v) is 8.32. The molecule has 1 N–H and O–H groups in total. The van der Waals surface area contributed by atoms with Crippen LogP contribution in [0.1, 0.15) is 38.4 Å². The molecule has 1 amide bonds. The van der Waals surface area contributed by atoms with Crippen LogP contribution in [0.4, 0.5) is 4.79 Å². The zero-order valence-corrected chi connectivity index (χ0v) is 19.0. The van der Waals surface area contributed by atoms with Gasteiger partial charge in [-0.05, 0) is 27.2 Å². The number of aryl methyl sites for hydroxylation is 1. The van der Waals surface area contributed by atoms with Crippen LogP contribution in [0.15, 0.2) is 10.4 Å². The largest absolute Gasteiger partial charge is 0.444 e. The number of nitrogens with zero attached hydrogens (tertiary/aromatic N) is 4. The molecule has 7 nitrogen and oxygen atoms in total. The molecule has 2 aliphatic heterocycles. The molecule has 0 saturated carbocycles. The number of piperazine rings is 1. The minimum atomic E-state index is -0.460. The molecule has 1 atom stereocenters. The number of rotatable bonds is 3. The van der Waals surface area contributed by atoms with Crippen LogP contribution in [0.2, 0.25) is 0 Å². The van der Waals surface area contributed by atoms with Crippen LogP contribution in [0.5, 0.6) is 0 Å². The van der Waals surface area contributed by atoms with Crippen molar-refractivity contribution in [3.63, 3.8) is 0 Å². The molecule has 1 unspecified atom stereocenters. The number of thiazole rings is 1. The first-order chi connectivity index (χ1) is 11.9. The van der Waals surface area contributed by atoms with Crippen LogP contribution >= 0.6 is 35.3 Å². The third-order valence-corrected chi connectivity index (χ3v) is 5.23. The highest BCUT2D eigenvalue weighted by molar-refractivity contribution is 14.0. The molecule has 0 radical (unpaired) electrons. The van der Waals surface area contributed by atoms with Gasteiger partial charge in [0.15, 0.2) is 5.96 Å². The Morgan fingerprint density at radius 2 is 2.19 bits per heavy atom. The first-order valence-corrected chi connectivity index (χ1v) is 9.70. The molecule has 0 spiro atoms. The SMILES string of the molecule is CCc1nc(CNC2=NCC3CN(C(=O)OC(C)(C)C)CCN23)cs1.I. The fraction of sp³-hybridized carbons (Fsp3) is 0.706. The van der Waals surface area contributed by atoms with Crippen molar-refractivity contribution in [3.05, 3.63) is 16.1 Å². The van der Waals surface area contributed by atoms with Crippen LogP contribution in [-0.2, 0) is 17.7 Å². The van der Waals surface area contributed by atoms with Crippen molar-refractivity contribution in [1.29, 1.82) is 0 Å². The molecule has 1 fully saturated rings. The van der Waals surface area contributed by atoms with E-state index in [0.29, 0.717) is 26.2 Å². The topological polar surface area (TPSA) is 70.1 Å². The van der Waals surface area contributed by atoms with Crippen molar-refractivity contribution in [2.45, 2.75) is 52.3 Å². The van der Waals surface area contributed by atoms with E-state index in [0.717, 1.165) is 29.6 Å². The predicted molar refractivity (Wildman–Crippen MR) is 114 cm³/mol. The Hall–Kier alpha value is -1.10. The van der Waals surface area contributed by atoms with Gasteiger partial charge in [-0.3, -0.25) is 4.99 Å². The molecule has 3 rings (SSSR count). The van der Waals surface area contributed by atoms with Crippen LogP contribution in [0, 0.1) is 0 Å². The lowest BCUT2D eigenvalue weighted by Gasteiger charge is -2.39. The van der Waals surface area contributed by atoms with Crippen molar-refractivity contribution >= 4 is 47.4 Å². The smallest absolute Gasteiger partial charge is 0.410 e. The molecule has 1 aromatic rings. The number of nitrogens with one attached hydrogen (secondary N) is 1. The molecule has 2 aliphatic rings. The second kappa shape index (κ2) is 8.73. The number of carbonyl (C=O) groups excluding carboxylic acids is 1. The summed E-state index contributed by atoms with van der Waals surface area (Å²) < 4.78 is 5.48. The number of ether oxygens (including phenoxy) is 1. The highest BCUT2D eigenvalue weighted by Crippen LogP contribution is 2.19. The van der Waals surface area contributed by atoms with Crippen molar-refractivity contribution < 1.29 is 9.53 Å². The number of carbonyl (C=O) groups is 1. The highest BCUT2D eigenvalue weighted by atomic mass is 127. The molecule has 1 aromatic heterocycles. The molecule has 3 heterocycles. The van der Waals surface area contributed by atoms with Gasteiger partial charge in [0.1, 0.15) is 5.60 Å². The lowest BCUT2D eigenvalue weighted by atomic mass is 10.2. The number of hydrogen-bond acceptors (Lipinski definition) is 7. The molecule has 0 aliphatic carbocycles. The molecular weight excluding hydrogens is 465 g/mol. The van der Waals surface area contributed by atoms with Crippen molar-refractivity contribution in [2.75, 3.05) is 26.2 Å². The van der Waals surface area contributed by atoms with Gasteiger partial charge in [0.25, 0.3) is 0 Å². The Morgan fingerprint density at radius 1 is 1.42 bits per heavy atom. The number of hydrogen-bond donors (Lipinski definition) is 1. The zero-order valence-electron chi connectivity index (χ0n) is 15.8. The number of halogens is 1. The Kier molecular flexibility index (Phi) is 7.12. The summed E-state index contributed by atoms with van der Waals surface area (Å²) in [6.07, 6.45) is 0.739. The summed E-state index contributed by atoms with van der Waals surface area (Å²) in [5, 5.41) is 6.66. The lowest BCUT2D eigenvalue weighted by Crippen LogP contribution is -2.57. The summed E-state index contributed by atoms with van der Waals surface area (Å²) in [6, 6.07) is 0.227. The quantitative estimate of drug-likeness (QED) is 0.656. The summed E-state index contributed by atoms with van der Waals surface area (Å²) in [5.41, 5.74) is 0.596. The van der Waals surface area contributed by atoms with E-state index in [9.17, 15) is 4.79 Å². The van der Waals surface area contributed by atoms with E-state index in [2.05, 4.69) is 32.5 Å². The van der Waals surface area contributed by atoms with E-state index in [-0.39, 0.29) is 36.1 Å². The summed E-state index contributed by atoms with van der Waals surface area (Å²) in [6.45, 7) is 11.3. The average Bonchev–Trinajstić information content (AvgIpc) is 3.17. The predicted octanol–water partition coefficient (Wildman–Crippen LogP) is 2.70. The average molecular weight is 493 g/mol. The van der Waals surface area contributed by atoms with Gasteiger partial charge in [0.2, 0.25) is 0 Å². The van der Waals surface area contributed by atoms with Crippen LogP contribution < -0.4 is 5.32 Å². The first-order valence-electron chi connectivity index (χ1n) is 8.82. The molecule has 0 aromatic carbocycles. The summed E-state index contributed by atoms with van der Waals surface area (Å²) in [4.78, 5) is 25.5. The van der Waals surface area contributed by atoms with Crippen molar-refractivity contribution in [2.24, 2.45) is 4.99 Å². The third-order valence-electron chi connectivity index (χ3n) is 4.19. The standard InChI is InChI=1S/C17H27N5O2S.HI/c1-5-14-20-12(11-25-14)8-18-15-19-9-13-10-21(6-7-22(13)15)16(23)24-17(2,3)4;/h11,13H,5-10H2,1-4H3,(H,18,19);1H. The van der Waals surface area contributed by atoms with Gasteiger partial charge in [-0.2, -0.15) is 0 Å². The minimum absolute atomic E-state index is 0. The first kappa shape index (κ1) is 21.2. The Morgan fingerprint density at radius 3 is 2.85 bits per heavy atom. The normalized spacial score (nSPS) is 19.5. The van der Waals surface area contributed by atoms with Gasteiger partial charge in [-0.25, -0.2) is 9.78 Å². The van der Waals surface area contributed by atoms with E-state index >= 15 is 0 Å².